The summed E-state index contributed by atoms with van der Waals surface area (Å²) in [6.07, 6.45) is 6.62. The number of anilines is 2. The molecule has 50 heavy (non-hydrogen) atoms. The number of urea groups is 1. The van der Waals surface area contributed by atoms with Crippen molar-refractivity contribution in [2.75, 3.05) is 51.5 Å². The lowest BCUT2D eigenvalue weighted by Crippen LogP contribution is -2.37. The number of nitrogens with two attached hydrogens (primary N) is 1. The zero-order valence-corrected chi connectivity index (χ0v) is 29.8. The fourth-order valence-electron chi connectivity index (χ4n) is 5.34. The number of halogens is 2. The molecule has 12 nitrogen and oxygen atoms in total. The second kappa shape index (κ2) is 20.9. The molecule has 1 aromatic carbocycles. The largest absolute Gasteiger partial charge is 0.493 e. The molecule has 0 aliphatic carbocycles. The molecule has 4 heterocycles. The number of carbonyl (C=O) groups is 3. The second-order valence-electron chi connectivity index (χ2n) is 11.5. The van der Waals surface area contributed by atoms with Gasteiger partial charge in [0.25, 0.3) is 0 Å². The van der Waals surface area contributed by atoms with Crippen molar-refractivity contribution in [3.8, 4) is 22.8 Å². The molecule has 15 heteroatoms. The van der Waals surface area contributed by atoms with E-state index in [0.717, 1.165) is 49.7 Å². The second-order valence-corrected chi connectivity index (χ2v) is 12.4. The van der Waals surface area contributed by atoms with E-state index >= 15 is 0 Å². The lowest BCUT2D eigenvalue weighted by atomic mass is 9.99. The molecule has 2 aliphatic heterocycles. The average molecular weight is 716 g/mol. The van der Waals surface area contributed by atoms with Gasteiger partial charge in [-0.2, -0.15) is 16.7 Å². The van der Waals surface area contributed by atoms with E-state index < -0.39 is 17.7 Å². The third kappa shape index (κ3) is 12.4. The minimum atomic E-state index is -0.591. The van der Waals surface area contributed by atoms with Crippen molar-refractivity contribution in [3.05, 3.63) is 59.8 Å². The molecule has 5 N–H and O–H groups in total. The van der Waals surface area contributed by atoms with E-state index in [4.69, 9.17) is 9.47 Å². The van der Waals surface area contributed by atoms with Gasteiger partial charge in [-0.05, 0) is 56.0 Å². The monoisotopic (exact) mass is 715 g/mol. The fraction of sp³-hybridized carbons (Fsp3) is 0.457. The number of likely N-dealkylation sites (N-methyl/N-ethyl adjacent to an activating group) is 1. The van der Waals surface area contributed by atoms with Gasteiger partial charge in [-0.3, -0.25) is 4.79 Å². The quantitative estimate of drug-likeness (QED) is 0.169. The standard InChI is InChI=1S/C21H19F2N3O2S.C10H20N2O.C4H8N2O2/c1-29-12-13-7-20-25-19-10-16(17(23)11-24-19)15-4-3-14(22)9-18(15)27-5-2-6-28-21(8-13)26-20;1-4-9-7-10(13)12(8(9)2)6-5-11-3;5-4(8)6-2-1-3-7/h3-4,7-11H,2,5-6,12H2,1H3,(H,24,25,26);8-9,11H,4-7H2,1-3H3;3H,1-2H2,(H3,5,6,8). The maximum absolute atomic E-state index is 14.6. The number of pyridine rings is 2. The first-order valence-corrected chi connectivity index (χ1v) is 17.9. The van der Waals surface area contributed by atoms with E-state index in [0.29, 0.717) is 73.5 Å². The Morgan fingerprint density at radius 2 is 1.92 bits per heavy atom. The van der Waals surface area contributed by atoms with Crippen molar-refractivity contribution in [1.29, 1.82) is 0 Å². The van der Waals surface area contributed by atoms with E-state index in [9.17, 15) is 23.2 Å². The van der Waals surface area contributed by atoms with E-state index in [2.05, 4.69) is 45.5 Å². The van der Waals surface area contributed by atoms with Crippen LogP contribution in [0.3, 0.4) is 0 Å². The number of likely N-dealkylation sites (tertiary alicyclic amines) is 1. The van der Waals surface area contributed by atoms with Crippen LogP contribution < -0.4 is 31.2 Å². The van der Waals surface area contributed by atoms with Gasteiger partial charge in [-0.1, -0.05) is 13.3 Å². The maximum Gasteiger partial charge on any atom is 0.312 e. The molecule has 3 aromatic rings. The number of thioether (sulfide) groups is 1. The average Bonchev–Trinajstić information content (AvgIpc) is 3.36. The van der Waals surface area contributed by atoms with Gasteiger partial charge in [-0.15, -0.1) is 0 Å². The summed E-state index contributed by atoms with van der Waals surface area (Å²) in [7, 11) is 1.92. The Balaban J connectivity index is 0.000000265. The predicted octanol–water partition coefficient (Wildman–Crippen LogP) is 5.29. The number of nitrogens with zero attached hydrogens (tertiary/aromatic N) is 3. The lowest BCUT2D eigenvalue weighted by molar-refractivity contribution is -0.128. The Kier molecular flexibility index (Phi) is 16.7. The van der Waals surface area contributed by atoms with Crippen molar-refractivity contribution < 1.29 is 32.6 Å². The summed E-state index contributed by atoms with van der Waals surface area (Å²) in [5.41, 5.74) is 6.44. The molecule has 0 spiro atoms. The molecule has 0 saturated carbocycles. The van der Waals surface area contributed by atoms with Gasteiger partial charge in [0.1, 0.15) is 35.3 Å². The zero-order chi connectivity index (χ0) is 36.5. The van der Waals surface area contributed by atoms with Crippen LogP contribution in [-0.4, -0.2) is 85.3 Å². The van der Waals surface area contributed by atoms with Crippen LogP contribution in [0.25, 0.3) is 11.1 Å². The molecule has 2 aliphatic rings. The highest BCUT2D eigenvalue weighted by Gasteiger charge is 2.34. The van der Waals surface area contributed by atoms with Crippen molar-refractivity contribution in [3.63, 3.8) is 0 Å². The van der Waals surface area contributed by atoms with Crippen molar-refractivity contribution in [2.45, 2.75) is 51.3 Å². The van der Waals surface area contributed by atoms with Crippen LogP contribution in [0.4, 0.5) is 25.2 Å². The van der Waals surface area contributed by atoms with Crippen LogP contribution in [0, 0.1) is 17.6 Å². The van der Waals surface area contributed by atoms with Gasteiger partial charge >= 0.3 is 6.03 Å². The van der Waals surface area contributed by atoms with Crippen molar-refractivity contribution in [1.82, 2.24) is 25.5 Å². The first-order valence-electron chi connectivity index (χ1n) is 16.5. The molecule has 272 valence electrons. The summed E-state index contributed by atoms with van der Waals surface area (Å²) in [6.45, 7) is 7.09. The fourth-order valence-corrected chi connectivity index (χ4v) is 5.84. The molecule has 4 bridgehead atoms. The Hall–Kier alpha value is -4.50. The Morgan fingerprint density at radius 3 is 2.60 bits per heavy atom. The number of aromatic nitrogens is 2. The third-order valence-electron chi connectivity index (χ3n) is 7.93. The topological polar surface area (TPSA) is 161 Å². The summed E-state index contributed by atoms with van der Waals surface area (Å²) in [5, 5.41) is 8.44. The summed E-state index contributed by atoms with van der Waals surface area (Å²) >= 11 is 1.69. The summed E-state index contributed by atoms with van der Waals surface area (Å²) in [5.74, 6) is 2.47. The number of primary amides is 1. The zero-order valence-electron chi connectivity index (χ0n) is 29.0. The summed E-state index contributed by atoms with van der Waals surface area (Å²) in [4.78, 5) is 41.6. The van der Waals surface area contributed by atoms with Crippen LogP contribution in [0.2, 0.25) is 0 Å². The molecule has 2 atom stereocenters. The van der Waals surface area contributed by atoms with Crippen LogP contribution in [0.15, 0.2) is 42.6 Å². The number of ether oxygens (including phenoxy) is 2. The van der Waals surface area contributed by atoms with Gasteiger partial charge in [0.15, 0.2) is 0 Å². The highest BCUT2D eigenvalue weighted by molar-refractivity contribution is 7.97. The lowest BCUT2D eigenvalue weighted by Gasteiger charge is -2.24. The number of amides is 3. The first-order chi connectivity index (χ1) is 24.1. The maximum atomic E-state index is 14.6. The SMILES string of the molecule is CCC1CC(=O)N(CCNC)C1C.CSCc1cc2nc(c1)OCCCOc1cc(F)ccc1-c1cc(ncc1F)N2.NC(=O)NCCC=O. The number of benzene rings is 1. The number of hydrogen-bond acceptors (Lipinski definition) is 10. The van der Waals surface area contributed by atoms with Crippen LogP contribution >= 0.6 is 11.8 Å². The molecular formula is C35H47F2N7O5S. The van der Waals surface area contributed by atoms with E-state index in [1.807, 2.05) is 30.3 Å². The van der Waals surface area contributed by atoms with Gasteiger partial charge < -0.3 is 40.9 Å². The molecule has 1 saturated heterocycles. The van der Waals surface area contributed by atoms with Gasteiger partial charge in [0.05, 0.1) is 19.4 Å². The van der Waals surface area contributed by atoms with Crippen molar-refractivity contribution in [2.24, 2.45) is 11.7 Å². The molecule has 2 aromatic heterocycles. The number of carbonyl (C=O) groups excluding carboxylic acids is 3. The highest BCUT2D eigenvalue weighted by atomic mass is 32.2. The highest BCUT2D eigenvalue weighted by Crippen LogP contribution is 2.34. The molecule has 3 amide bonds. The van der Waals surface area contributed by atoms with Crippen molar-refractivity contribution >= 4 is 41.6 Å². The molecule has 5 rings (SSSR count). The third-order valence-corrected chi connectivity index (χ3v) is 8.56. The Morgan fingerprint density at radius 1 is 1.14 bits per heavy atom. The normalized spacial score (nSPS) is 16.4. The first kappa shape index (κ1) is 39.9. The Labute approximate surface area is 296 Å². The van der Waals surface area contributed by atoms with Crippen LogP contribution in [-0.2, 0) is 15.3 Å². The molecular weight excluding hydrogens is 668 g/mol. The van der Waals surface area contributed by atoms with E-state index in [-0.39, 0.29) is 11.3 Å². The Bertz CT molecular complexity index is 1570. The summed E-state index contributed by atoms with van der Waals surface area (Å²) < 4.78 is 39.8. The molecule has 2 unspecified atom stereocenters. The van der Waals surface area contributed by atoms with Crippen LogP contribution in [0.1, 0.15) is 45.1 Å². The smallest absolute Gasteiger partial charge is 0.312 e. The van der Waals surface area contributed by atoms with Gasteiger partial charge in [-0.25, -0.2) is 18.6 Å². The minimum Gasteiger partial charge on any atom is -0.493 e. The number of fused-ring (bicyclic) bond motifs is 6. The van der Waals surface area contributed by atoms with E-state index in [1.54, 1.807) is 17.8 Å². The minimum absolute atomic E-state index is 0.270. The van der Waals surface area contributed by atoms with Gasteiger partial charge in [0.2, 0.25) is 11.8 Å². The molecule has 0 radical (unpaired) electrons. The summed E-state index contributed by atoms with van der Waals surface area (Å²) in [6, 6.07) is 9.25. The number of nitrogens with one attached hydrogen (secondary N) is 3. The number of aldehydes is 1. The number of rotatable bonds is 9. The van der Waals surface area contributed by atoms with Crippen LogP contribution in [0.5, 0.6) is 11.6 Å². The molecule has 1 fully saturated rings. The predicted molar refractivity (Wildman–Crippen MR) is 192 cm³/mol. The van der Waals surface area contributed by atoms with E-state index in [1.165, 1.54) is 18.2 Å². The van der Waals surface area contributed by atoms with Gasteiger partial charge in [0, 0.05) is 74.0 Å². The number of hydrogen-bond donors (Lipinski definition) is 4.